The van der Waals surface area contributed by atoms with Crippen molar-refractivity contribution in [3.63, 3.8) is 0 Å². The molecule has 0 saturated carbocycles. The number of aromatic nitrogens is 1. The van der Waals surface area contributed by atoms with Gasteiger partial charge in [-0.05, 0) is 88.1 Å². The molecule has 1 saturated heterocycles. The van der Waals surface area contributed by atoms with E-state index in [4.69, 9.17) is 4.74 Å². The molecule has 4 rings (SSSR count). The SMILES string of the molecule is Cc1cccc2[nH]c(O)c(C=Nc3ccc(OCCCCN4CCCCC4)cc3)c12. The Balaban J connectivity index is 1.28. The molecule has 1 aliphatic rings. The minimum absolute atomic E-state index is 0.146. The third-order valence-corrected chi connectivity index (χ3v) is 5.82. The maximum Gasteiger partial charge on any atom is 0.198 e. The highest BCUT2D eigenvalue weighted by Gasteiger charge is 2.11. The molecular weight excluding hydrogens is 374 g/mol. The lowest BCUT2D eigenvalue weighted by Gasteiger charge is -2.26. The molecule has 158 valence electrons. The van der Waals surface area contributed by atoms with Gasteiger partial charge in [-0.3, -0.25) is 4.99 Å². The Morgan fingerprint density at radius 1 is 1.07 bits per heavy atom. The van der Waals surface area contributed by atoms with Crippen LogP contribution in [0.15, 0.2) is 47.5 Å². The van der Waals surface area contributed by atoms with Crippen LogP contribution in [-0.4, -0.2) is 47.4 Å². The first-order valence-electron chi connectivity index (χ1n) is 11.0. The van der Waals surface area contributed by atoms with E-state index in [1.54, 1.807) is 6.21 Å². The van der Waals surface area contributed by atoms with E-state index in [1.165, 1.54) is 45.3 Å². The summed E-state index contributed by atoms with van der Waals surface area (Å²) >= 11 is 0. The van der Waals surface area contributed by atoms with Gasteiger partial charge in [-0.1, -0.05) is 18.6 Å². The summed E-state index contributed by atoms with van der Waals surface area (Å²) in [5.74, 6) is 1.02. The summed E-state index contributed by atoms with van der Waals surface area (Å²) in [7, 11) is 0. The Bertz CT molecular complexity index is 986. The van der Waals surface area contributed by atoms with E-state index >= 15 is 0 Å². The fraction of sp³-hybridized carbons (Fsp3) is 0.400. The number of aryl methyl sites for hydroxylation is 1. The van der Waals surface area contributed by atoms with Crippen LogP contribution in [0.5, 0.6) is 11.6 Å². The fourth-order valence-electron chi connectivity index (χ4n) is 4.15. The number of H-pyrrole nitrogens is 1. The number of fused-ring (bicyclic) bond motifs is 1. The normalized spacial score (nSPS) is 15.2. The van der Waals surface area contributed by atoms with Gasteiger partial charge in [0.15, 0.2) is 5.88 Å². The molecular formula is C25H31N3O2. The van der Waals surface area contributed by atoms with Crippen molar-refractivity contribution in [1.82, 2.24) is 9.88 Å². The van der Waals surface area contributed by atoms with Crippen molar-refractivity contribution in [2.75, 3.05) is 26.2 Å². The summed E-state index contributed by atoms with van der Waals surface area (Å²) in [5, 5.41) is 11.2. The van der Waals surface area contributed by atoms with Crippen LogP contribution < -0.4 is 4.74 Å². The summed E-state index contributed by atoms with van der Waals surface area (Å²) < 4.78 is 5.88. The molecule has 0 spiro atoms. The van der Waals surface area contributed by atoms with E-state index < -0.39 is 0 Å². The predicted molar refractivity (Wildman–Crippen MR) is 123 cm³/mol. The third-order valence-electron chi connectivity index (χ3n) is 5.82. The van der Waals surface area contributed by atoms with E-state index in [-0.39, 0.29) is 5.88 Å². The average Bonchev–Trinajstić information content (AvgIpc) is 3.10. The quantitative estimate of drug-likeness (QED) is 0.380. The van der Waals surface area contributed by atoms with Gasteiger partial charge in [0.2, 0.25) is 0 Å². The second kappa shape index (κ2) is 9.81. The predicted octanol–water partition coefficient (Wildman–Crippen LogP) is 5.58. The average molecular weight is 406 g/mol. The first-order valence-corrected chi connectivity index (χ1v) is 11.0. The molecule has 2 aromatic carbocycles. The van der Waals surface area contributed by atoms with Crippen LogP contribution in [0.25, 0.3) is 10.9 Å². The standard InChI is InChI=1S/C25H31N3O2/c1-19-8-7-9-23-24(19)22(25(29)27-23)18-26-20-10-12-21(13-11-20)30-17-6-5-16-28-14-3-2-4-15-28/h7-13,18,27,29H,2-6,14-17H2,1H3. The molecule has 2 N–H and O–H groups in total. The van der Waals surface area contributed by atoms with Crippen molar-refractivity contribution in [2.45, 2.75) is 39.0 Å². The van der Waals surface area contributed by atoms with Gasteiger partial charge in [-0.2, -0.15) is 0 Å². The number of likely N-dealkylation sites (tertiary alicyclic amines) is 1. The Labute approximate surface area is 178 Å². The first-order chi connectivity index (χ1) is 14.7. The van der Waals surface area contributed by atoms with E-state index in [9.17, 15) is 5.11 Å². The lowest BCUT2D eigenvalue weighted by molar-refractivity contribution is 0.216. The smallest absolute Gasteiger partial charge is 0.198 e. The second-order valence-electron chi connectivity index (χ2n) is 8.09. The number of rotatable bonds is 8. The molecule has 1 aliphatic heterocycles. The number of ether oxygens (including phenoxy) is 1. The highest BCUT2D eigenvalue weighted by Crippen LogP contribution is 2.29. The van der Waals surface area contributed by atoms with Crippen LogP contribution in [0.2, 0.25) is 0 Å². The molecule has 1 aromatic heterocycles. The fourth-order valence-corrected chi connectivity index (χ4v) is 4.15. The summed E-state index contributed by atoms with van der Waals surface area (Å²) in [5.41, 5.74) is 3.57. The highest BCUT2D eigenvalue weighted by atomic mass is 16.5. The Hall–Kier alpha value is -2.79. The third kappa shape index (κ3) is 5.03. The summed E-state index contributed by atoms with van der Waals surface area (Å²) in [6.07, 6.45) is 8.08. The Kier molecular flexibility index (Phi) is 6.70. The molecule has 0 radical (unpaired) electrons. The zero-order chi connectivity index (χ0) is 20.8. The molecule has 0 atom stereocenters. The molecule has 0 bridgehead atoms. The number of piperidine rings is 1. The molecule has 2 heterocycles. The maximum atomic E-state index is 10.2. The van der Waals surface area contributed by atoms with Crippen LogP contribution >= 0.6 is 0 Å². The van der Waals surface area contributed by atoms with Crippen molar-refractivity contribution in [3.05, 3.63) is 53.6 Å². The van der Waals surface area contributed by atoms with Gasteiger partial charge in [0.25, 0.3) is 0 Å². The summed E-state index contributed by atoms with van der Waals surface area (Å²) in [6, 6.07) is 13.8. The van der Waals surface area contributed by atoms with Crippen LogP contribution in [0.1, 0.15) is 43.2 Å². The van der Waals surface area contributed by atoms with Gasteiger partial charge < -0.3 is 19.7 Å². The van der Waals surface area contributed by atoms with Crippen molar-refractivity contribution in [1.29, 1.82) is 0 Å². The molecule has 5 nitrogen and oxygen atoms in total. The number of nitrogens with zero attached hydrogens (tertiary/aromatic N) is 2. The molecule has 0 aliphatic carbocycles. The minimum atomic E-state index is 0.146. The lowest BCUT2D eigenvalue weighted by atomic mass is 10.1. The molecule has 1 fully saturated rings. The van der Waals surface area contributed by atoms with Crippen LogP contribution in [-0.2, 0) is 0 Å². The van der Waals surface area contributed by atoms with Gasteiger partial charge in [0, 0.05) is 17.1 Å². The second-order valence-corrected chi connectivity index (χ2v) is 8.09. The number of aromatic hydroxyl groups is 1. The number of benzene rings is 2. The van der Waals surface area contributed by atoms with Crippen molar-refractivity contribution in [2.24, 2.45) is 4.99 Å². The largest absolute Gasteiger partial charge is 0.494 e. The number of nitrogens with one attached hydrogen (secondary N) is 1. The number of hydrogen-bond acceptors (Lipinski definition) is 4. The molecule has 5 heteroatoms. The topological polar surface area (TPSA) is 60.9 Å². The summed E-state index contributed by atoms with van der Waals surface area (Å²) in [4.78, 5) is 10.1. The monoisotopic (exact) mass is 405 g/mol. The zero-order valence-corrected chi connectivity index (χ0v) is 17.7. The number of aliphatic imine (C=N–C) groups is 1. The molecule has 0 amide bonds. The van der Waals surface area contributed by atoms with Crippen molar-refractivity contribution >= 4 is 22.8 Å². The number of unbranched alkanes of at least 4 members (excludes halogenated alkanes) is 1. The van der Waals surface area contributed by atoms with Crippen molar-refractivity contribution in [3.8, 4) is 11.6 Å². The lowest BCUT2D eigenvalue weighted by Crippen LogP contribution is -2.30. The zero-order valence-electron chi connectivity index (χ0n) is 17.7. The maximum absolute atomic E-state index is 10.2. The van der Waals surface area contributed by atoms with Gasteiger partial charge in [0.05, 0.1) is 17.9 Å². The van der Waals surface area contributed by atoms with Gasteiger partial charge in [-0.25, -0.2) is 0 Å². The van der Waals surface area contributed by atoms with Gasteiger partial charge in [-0.15, -0.1) is 0 Å². The molecule has 0 unspecified atom stereocenters. The van der Waals surface area contributed by atoms with E-state index in [2.05, 4.69) is 14.9 Å². The van der Waals surface area contributed by atoms with Crippen LogP contribution in [0, 0.1) is 6.92 Å². The van der Waals surface area contributed by atoms with E-state index in [1.807, 2.05) is 49.4 Å². The molecule has 3 aromatic rings. The van der Waals surface area contributed by atoms with Crippen LogP contribution in [0.3, 0.4) is 0 Å². The summed E-state index contributed by atoms with van der Waals surface area (Å²) in [6.45, 7) is 6.50. The van der Waals surface area contributed by atoms with E-state index in [0.717, 1.165) is 46.5 Å². The Morgan fingerprint density at radius 3 is 2.67 bits per heavy atom. The first kappa shape index (κ1) is 20.5. The van der Waals surface area contributed by atoms with Gasteiger partial charge >= 0.3 is 0 Å². The Morgan fingerprint density at radius 2 is 1.87 bits per heavy atom. The molecule has 30 heavy (non-hydrogen) atoms. The highest BCUT2D eigenvalue weighted by molar-refractivity contribution is 6.04. The number of hydrogen-bond donors (Lipinski definition) is 2. The van der Waals surface area contributed by atoms with E-state index in [0.29, 0.717) is 0 Å². The van der Waals surface area contributed by atoms with Crippen molar-refractivity contribution < 1.29 is 9.84 Å². The minimum Gasteiger partial charge on any atom is -0.494 e. The van der Waals surface area contributed by atoms with Gasteiger partial charge in [0.1, 0.15) is 5.75 Å². The van der Waals surface area contributed by atoms with Crippen LogP contribution in [0.4, 0.5) is 5.69 Å². The number of aromatic amines is 1.